The van der Waals surface area contributed by atoms with Gasteiger partial charge < -0.3 is 14.4 Å². The van der Waals surface area contributed by atoms with Crippen molar-refractivity contribution in [3.05, 3.63) is 42.2 Å². The van der Waals surface area contributed by atoms with Crippen molar-refractivity contribution in [3.63, 3.8) is 0 Å². The smallest absolute Gasteiger partial charge is 0.278 e. The fraction of sp³-hybridized carbons (Fsp3) is 0.450. The van der Waals surface area contributed by atoms with Crippen LogP contribution in [-0.2, 0) is 10.0 Å². The zero-order valence-corrected chi connectivity index (χ0v) is 18.1. The largest absolute Gasteiger partial charge is 0.477 e. The van der Waals surface area contributed by atoms with E-state index >= 15 is 0 Å². The Balaban J connectivity index is 1.66. The molecule has 30 heavy (non-hydrogen) atoms. The first kappa shape index (κ1) is 22.0. The molecule has 0 aliphatic carbocycles. The van der Waals surface area contributed by atoms with E-state index in [-0.39, 0.29) is 16.9 Å². The summed E-state index contributed by atoms with van der Waals surface area (Å²) in [6, 6.07) is 6.07. The molecule has 2 aromatic rings. The van der Waals surface area contributed by atoms with Gasteiger partial charge in [0.05, 0.1) is 18.6 Å². The minimum absolute atomic E-state index is 0.168. The Morgan fingerprint density at radius 2 is 1.77 bits per heavy atom. The Labute approximate surface area is 176 Å². The highest BCUT2D eigenvalue weighted by atomic mass is 32.2. The van der Waals surface area contributed by atoms with Crippen molar-refractivity contribution >= 4 is 15.9 Å². The number of nitrogens with zero attached hydrogens (tertiary/aromatic N) is 4. The number of carbonyl (C=O) groups is 1. The molecule has 1 saturated heterocycles. The molecule has 1 aromatic heterocycles. The average molecular weight is 435 g/mol. The average Bonchev–Trinajstić information content (AvgIpc) is 3.23. The van der Waals surface area contributed by atoms with Gasteiger partial charge in [0.2, 0.25) is 10.0 Å². The van der Waals surface area contributed by atoms with Crippen molar-refractivity contribution in [2.75, 3.05) is 33.3 Å². The first-order valence-electron chi connectivity index (χ1n) is 9.81. The van der Waals surface area contributed by atoms with E-state index in [0.717, 1.165) is 0 Å². The van der Waals surface area contributed by atoms with Crippen molar-refractivity contribution < 1.29 is 22.7 Å². The van der Waals surface area contributed by atoms with Crippen LogP contribution in [0.4, 0.5) is 0 Å². The van der Waals surface area contributed by atoms with Gasteiger partial charge in [0.25, 0.3) is 17.7 Å². The Kier molecular flexibility index (Phi) is 6.88. The van der Waals surface area contributed by atoms with Gasteiger partial charge in [-0.3, -0.25) is 4.79 Å². The summed E-state index contributed by atoms with van der Waals surface area (Å²) in [5, 5.41) is 0. The predicted molar refractivity (Wildman–Crippen MR) is 110 cm³/mol. The second-order valence-electron chi connectivity index (χ2n) is 6.76. The first-order chi connectivity index (χ1) is 14.4. The second kappa shape index (κ2) is 9.40. The SMILES string of the molecule is CCN(CC)S(=O)(=O)c1ccc(C(=O)N2CCC(Oc3nccnc3OC)C2)cc1. The van der Waals surface area contributed by atoms with Crippen LogP contribution in [0.25, 0.3) is 0 Å². The van der Waals surface area contributed by atoms with Gasteiger partial charge in [0.1, 0.15) is 6.10 Å². The van der Waals surface area contributed by atoms with Gasteiger partial charge in [0, 0.05) is 44.0 Å². The minimum atomic E-state index is -3.55. The standard InChI is InChI=1S/C20H26N4O5S/c1-4-24(5-2)30(26,27)17-8-6-15(7-9-17)20(25)23-13-10-16(14-23)29-19-18(28-3)21-11-12-22-19/h6-9,11-12,16H,4-5,10,13-14H2,1-3H3. The van der Waals surface area contributed by atoms with Crippen LogP contribution >= 0.6 is 0 Å². The van der Waals surface area contributed by atoms with Crippen molar-refractivity contribution in [3.8, 4) is 11.8 Å². The monoisotopic (exact) mass is 434 g/mol. The van der Waals surface area contributed by atoms with E-state index in [0.29, 0.717) is 49.9 Å². The molecule has 0 bridgehead atoms. The van der Waals surface area contributed by atoms with Crippen LogP contribution in [0.3, 0.4) is 0 Å². The summed E-state index contributed by atoms with van der Waals surface area (Å²) in [6.45, 7) is 5.31. The first-order valence-corrected chi connectivity index (χ1v) is 11.3. The topological polar surface area (TPSA) is 102 Å². The summed E-state index contributed by atoms with van der Waals surface area (Å²) in [4.78, 5) is 22.9. The highest BCUT2D eigenvalue weighted by Gasteiger charge is 2.30. The number of carbonyl (C=O) groups excluding carboxylic acids is 1. The fourth-order valence-electron chi connectivity index (χ4n) is 3.36. The maximum atomic E-state index is 12.8. The molecule has 1 atom stereocenters. The van der Waals surface area contributed by atoms with Crippen molar-refractivity contribution in [1.82, 2.24) is 19.2 Å². The summed E-state index contributed by atoms with van der Waals surface area (Å²) >= 11 is 0. The maximum absolute atomic E-state index is 12.8. The number of likely N-dealkylation sites (tertiary alicyclic amines) is 1. The summed E-state index contributed by atoms with van der Waals surface area (Å²) in [7, 11) is -2.06. The number of sulfonamides is 1. The number of hydrogen-bond donors (Lipinski definition) is 0. The highest BCUT2D eigenvalue weighted by molar-refractivity contribution is 7.89. The zero-order chi connectivity index (χ0) is 21.7. The lowest BCUT2D eigenvalue weighted by molar-refractivity contribution is 0.0770. The number of benzene rings is 1. The lowest BCUT2D eigenvalue weighted by atomic mass is 10.2. The van der Waals surface area contributed by atoms with Gasteiger partial charge in [-0.05, 0) is 24.3 Å². The van der Waals surface area contributed by atoms with Crippen molar-refractivity contribution in [2.45, 2.75) is 31.3 Å². The third-order valence-electron chi connectivity index (χ3n) is 4.98. The summed E-state index contributed by atoms with van der Waals surface area (Å²) in [5.74, 6) is 0.427. The van der Waals surface area contributed by atoms with Gasteiger partial charge in [-0.1, -0.05) is 13.8 Å². The van der Waals surface area contributed by atoms with E-state index in [1.807, 2.05) is 0 Å². The van der Waals surface area contributed by atoms with Gasteiger partial charge >= 0.3 is 0 Å². The van der Waals surface area contributed by atoms with E-state index in [2.05, 4.69) is 9.97 Å². The van der Waals surface area contributed by atoms with Crippen LogP contribution in [0.1, 0.15) is 30.6 Å². The molecule has 10 heteroatoms. The van der Waals surface area contributed by atoms with Crippen LogP contribution < -0.4 is 9.47 Å². The molecule has 3 rings (SSSR count). The molecular weight excluding hydrogens is 408 g/mol. The quantitative estimate of drug-likeness (QED) is 0.624. The van der Waals surface area contributed by atoms with Crippen LogP contribution in [0, 0.1) is 0 Å². The molecule has 0 radical (unpaired) electrons. The molecule has 9 nitrogen and oxygen atoms in total. The number of rotatable bonds is 8. The Hall–Kier alpha value is -2.72. The van der Waals surface area contributed by atoms with Crippen LogP contribution in [0.5, 0.6) is 11.8 Å². The molecule has 1 aromatic carbocycles. The molecule has 0 spiro atoms. The predicted octanol–water partition coefficient (Wildman–Crippen LogP) is 1.81. The number of ether oxygens (including phenoxy) is 2. The van der Waals surface area contributed by atoms with E-state index in [9.17, 15) is 13.2 Å². The minimum Gasteiger partial charge on any atom is -0.477 e. The van der Waals surface area contributed by atoms with E-state index in [1.165, 1.54) is 35.9 Å². The van der Waals surface area contributed by atoms with Crippen LogP contribution in [0.2, 0.25) is 0 Å². The summed E-state index contributed by atoms with van der Waals surface area (Å²) in [5.41, 5.74) is 0.436. The summed E-state index contributed by atoms with van der Waals surface area (Å²) in [6.07, 6.45) is 3.46. The summed E-state index contributed by atoms with van der Waals surface area (Å²) < 4.78 is 37.6. The zero-order valence-electron chi connectivity index (χ0n) is 17.3. The Bertz CT molecular complexity index is 977. The van der Waals surface area contributed by atoms with Gasteiger partial charge in [-0.2, -0.15) is 4.31 Å². The number of aromatic nitrogens is 2. The second-order valence-corrected chi connectivity index (χ2v) is 8.70. The lowest BCUT2D eigenvalue weighted by Gasteiger charge is -2.19. The molecule has 0 N–H and O–H groups in total. The molecule has 162 valence electrons. The van der Waals surface area contributed by atoms with Gasteiger partial charge in [-0.25, -0.2) is 18.4 Å². The van der Waals surface area contributed by atoms with Crippen molar-refractivity contribution in [1.29, 1.82) is 0 Å². The molecule has 1 amide bonds. The van der Waals surface area contributed by atoms with Gasteiger partial charge in [0.15, 0.2) is 0 Å². The molecule has 1 fully saturated rings. The molecule has 0 saturated carbocycles. The van der Waals surface area contributed by atoms with Gasteiger partial charge in [-0.15, -0.1) is 0 Å². The number of methoxy groups -OCH3 is 1. The number of amides is 1. The van der Waals surface area contributed by atoms with Crippen LogP contribution in [0.15, 0.2) is 41.6 Å². The fourth-order valence-corrected chi connectivity index (χ4v) is 4.82. The lowest BCUT2D eigenvalue weighted by Crippen LogP contribution is -2.32. The molecule has 1 unspecified atom stereocenters. The molecule has 1 aliphatic heterocycles. The third-order valence-corrected chi connectivity index (χ3v) is 7.05. The Morgan fingerprint density at radius 1 is 1.13 bits per heavy atom. The number of hydrogen-bond acceptors (Lipinski definition) is 7. The van der Waals surface area contributed by atoms with E-state index in [4.69, 9.17) is 9.47 Å². The van der Waals surface area contributed by atoms with Crippen molar-refractivity contribution in [2.24, 2.45) is 0 Å². The highest BCUT2D eigenvalue weighted by Crippen LogP contribution is 2.25. The molecular formula is C20H26N4O5S. The third kappa shape index (κ3) is 4.54. The molecule has 2 heterocycles. The normalized spacial score (nSPS) is 16.7. The Morgan fingerprint density at radius 3 is 2.37 bits per heavy atom. The van der Waals surface area contributed by atoms with E-state index in [1.54, 1.807) is 30.9 Å². The maximum Gasteiger partial charge on any atom is 0.278 e. The molecule has 1 aliphatic rings. The van der Waals surface area contributed by atoms with Crippen LogP contribution in [-0.4, -0.2) is 72.9 Å². The van der Waals surface area contributed by atoms with E-state index < -0.39 is 10.0 Å².